The zero-order valence-electron chi connectivity index (χ0n) is 18.4. The summed E-state index contributed by atoms with van der Waals surface area (Å²) in [6.07, 6.45) is 0. The summed E-state index contributed by atoms with van der Waals surface area (Å²) >= 11 is 0. The number of aliphatic carboxylic acids is 1. The number of nitrogens with zero attached hydrogens (tertiary/aromatic N) is 1. The minimum atomic E-state index is -0.833. The van der Waals surface area contributed by atoms with Gasteiger partial charge in [-0.1, -0.05) is 74.5 Å². The van der Waals surface area contributed by atoms with Crippen LogP contribution in [0.15, 0.2) is 71.5 Å². The first-order valence-electron chi connectivity index (χ1n) is 9.99. The van der Waals surface area contributed by atoms with Gasteiger partial charge in [-0.3, -0.25) is 9.59 Å². The molecule has 160 valence electrons. The molecule has 0 fully saturated rings. The summed E-state index contributed by atoms with van der Waals surface area (Å²) in [5, 5.41) is 7.42. The molecule has 1 heterocycles. The van der Waals surface area contributed by atoms with E-state index in [-0.39, 0.29) is 5.56 Å². The van der Waals surface area contributed by atoms with Gasteiger partial charge < -0.3 is 14.4 Å². The maximum atomic E-state index is 12.7. The Balaban J connectivity index is 0.000000673. The van der Waals surface area contributed by atoms with Crippen LogP contribution >= 0.6 is 0 Å². The van der Waals surface area contributed by atoms with Crippen molar-refractivity contribution in [2.45, 2.75) is 47.8 Å². The first kappa shape index (κ1) is 24.7. The fourth-order valence-electron chi connectivity index (χ4n) is 2.69. The number of rotatable bonds is 5. The van der Waals surface area contributed by atoms with Crippen LogP contribution in [-0.4, -0.2) is 15.6 Å². The SMILES string of the molecule is CC.CC(=O)O.Cc1c(OCc2ccccc2)cc(C)n(Cc2ccccc2)c1=O. The van der Waals surface area contributed by atoms with Crippen molar-refractivity contribution in [2.75, 3.05) is 0 Å². The van der Waals surface area contributed by atoms with E-state index in [1.165, 1.54) is 0 Å². The predicted octanol–water partition coefficient (Wildman–Crippen LogP) is 5.21. The topological polar surface area (TPSA) is 68.5 Å². The number of benzene rings is 2. The van der Waals surface area contributed by atoms with Crippen LogP contribution in [0, 0.1) is 13.8 Å². The highest BCUT2D eigenvalue weighted by molar-refractivity contribution is 5.62. The van der Waals surface area contributed by atoms with Crippen molar-refractivity contribution in [3.8, 4) is 5.75 Å². The Morgan fingerprint density at radius 2 is 1.40 bits per heavy atom. The van der Waals surface area contributed by atoms with Gasteiger partial charge in [0, 0.05) is 12.6 Å². The maximum Gasteiger partial charge on any atom is 0.300 e. The van der Waals surface area contributed by atoms with Crippen LogP contribution in [0.25, 0.3) is 0 Å². The molecule has 1 N–H and O–H groups in total. The third-order valence-corrected chi connectivity index (χ3v) is 4.12. The van der Waals surface area contributed by atoms with E-state index in [2.05, 4.69) is 0 Å². The van der Waals surface area contributed by atoms with E-state index in [1.54, 1.807) is 4.57 Å². The van der Waals surface area contributed by atoms with E-state index >= 15 is 0 Å². The molecule has 0 aliphatic carbocycles. The molecule has 5 heteroatoms. The summed E-state index contributed by atoms with van der Waals surface area (Å²) in [4.78, 5) is 21.7. The second kappa shape index (κ2) is 13.0. The molecule has 0 bridgehead atoms. The smallest absolute Gasteiger partial charge is 0.300 e. The van der Waals surface area contributed by atoms with Crippen LogP contribution in [0.5, 0.6) is 5.75 Å². The van der Waals surface area contributed by atoms with Crippen molar-refractivity contribution in [1.82, 2.24) is 4.57 Å². The normalized spacial score (nSPS) is 9.50. The Kier molecular flexibility index (Phi) is 10.7. The molecule has 0 unspecified atom stereocenters. The molecule has 5 nitrogen and oxygen atoms in total. The molecular formula is C25H31NO4. The highest BCUT2D eigenvalue weighted by Crippen LogP contribution is 2.18. The lowest BCUT2D eigenvalue weighted by Gasteiger charge is -2.15. The van der Waals surface area contributed by atoms with Crippen molar-refractivity contribution in [3.63, 3.8) is 0 Å². The van der Waals surface area contributed by atoms with Gasteiger partial charge in [-0.15, -0.1) is 0 Å². The van der Waals surface area contributed by atoms with E-state index in [1.807, 2.05) is 94.4 Å². The van der Waals surface area contributed by atoms with Crippen LogP contribution in [0.1, 0.15) is 43.2 Å². The molecule has 0 atom stereocenters. The molecule has 3 rings (SSSR count). The molecule has 0 amide bonds. The Morgan fingerprint density at radius 3 is 1.90 bits per heavy atom. The lowest BCUT2D eigenvalue weighted by Crippen LogP contribution is -2.25. The molecule has 0 spiro atoms. The number of pyridine rings is 1. The molecule has 0 radical (unpaired) electrons. The molecule has 0 saturated heterocycles. The van der Waals surface area contributed by atoms with Crippen molar-refractivity contribution in [2.24, 2.45) is 0 Å². The van der Waals surface area contributed by atoms with Crippen molar-refractivity contribution in [1.29, 1.82) is 0 Å². The van der Waals surface area contributed by atoms with Crippen molar-refractivity contribution < 1.29 is 14.6 Å². The number of carbonyl (C=O) groups is 1. The van der Waals surface area contributed by atoms with Crippen molar-refractivity contribution >= 4 is 5.97 Å². The summed E-state index contributed by atoms with van der Waals surface area (Å²) in [5.74, 6) is -0.175. The monoisotopic (exact) mass is 409 g/mol. The Bertz CT molecular complexity index is 960. The second-order valence-electron chi connectivity index (χ2n) is 6.45. The highest BCUT2D eigenvalue weighted by Gasteiger charge is 2.11. The molecule has 1 aromatic heterocycles. The fourth-order valence-corrected chi connectivity index (χ4v) is 2.69. The number of aromatic nitrogens is 1. The quantitative estimate of drug-likeness (QED) is 0.628. The minimum Gasteiger partial charge on any atom is -0.488 e. The largest absolute Gasteiger partial charge is 0.488 e. The average molecular weight is 410 g/mol. The minimum absolute atomic E-state index is 0.00177. The summed E-state index contributed by atoms with van der Waals surface area (Å²) in [5.41, 5.74) is 3.75. The van der Waals surface area contributed by atoms with E-state index in [0.29, 0.717) is 24.5 Å². The Hall–Kier alpha value is -3.34. The third-order valence-electron chi connectivity index (χ3n) is 4.12. The van der Waals surface area contributed by atoms with E-state index in [4.69, 9.17) is 14.6 Å². The van der Waals surface area contributed by atoms with Gasteiger partial charge >= 0.3 is 0 Å². The lowest BCUT2D eigenvalue weighted by molar-refractivity contribution is -0.134. The van der Waals surface area contributed by atoms with E-state index in [0.717, 1.165) is 23.7 Å². The third kappa shape index (κ3) is 7.95. The summed E-state index contributed by atoms with van der Waals surface area (Å²) in [6, 6.07) is 21.9. The van der Waals surface area contributed by atoms with Gasteiger partial charge in [-0.05, 0) is 31.0 Å². The van der Waals surface area contributed by atoms with Crippen LogP contribution in [0.4, 0.5) is 0 Å². The predicted molar refractivity (Wildman–Crippen MR) is 121 cm³/mol. The number of hydrogen-bond donors (Lipinski definition) is 1. The van der Waals surface area contributed by atoms with Gasteiger partial charge in [-0.25, -0.2) is 0 Å². The van der Waals surface area contributed by atoms with Crippen LogP contribution in [0.2, 0.25) is 0 Å². The number of hydrogen-bond acceptors (Lipinski definition) is 3. The van der Waals surface area contributed by atoms with Gasteiger partial charge in [0.2, 0.25) is 0 Å². The van der Waals surface area contributed by atoms with Gasteiger partial charge in [0.25, 0.3) is 11.5 Å². The van der Waals surface area contributed by atoms with E-state index < -0.39 is 5.97 Å². The molecule has 3 aromatic rings. The maximum absolute atomic E-state index is 12.7. The lowest BCUT2D eigenvalue weighted by atomic mass is 10.2. The van der Waals surface area contributed by atoms with Gasteiger partial charge in [-0.2, -0.15) is 0 Å². The Labute approximate surface area is 178 Å². The highest BCUT2D eigenvalue weighted by atomic mass is 16.5. The molecular weight excluding hydrogens is 378 g/mol. The van der Waals surface area contributed by atoms with Gasteiger partial charge in [0.1, 0.15) is 12.4 Å². The zero-order valence-corrected chi connectivity index (χ0v) is 18.4. The molecule has 0 saturated carbocycles. The van der Waals surface area contributed by atoms with Crippen LogP contribution in [0.3, 0.4) is 0 Å². The van der Waals surface area contributed by atoms with Gasteiger partial charge in [0.15, 0.2) is 0 Å². The number of carboxylic acid groups (broad SMARTS) is 1. The number of aryl methyl sites for hydroxylation is 1. The summed E-state index contributed by atoms with van der Waals surface area (Å²) in [6.45, 7) is 9.89. The average Bonchev–Trinajstić information content (AvgIpc) is 2.75. The first-order chi connectivity index (χ1) is 14.4. The Morgan fingerprint density at radius 1 is 0.933 bits per heavy atom. The number of carboxylic acids is 1. The fraction of sp³-hybridized carbons (Fsp3) is 0.280. The molecule has 30 heavy (non-hydrogen) atoms. The zero-order chi connectivity index (χ0) is 22.5. The summed E-state index contributed by atoms with van der Waals surface area (Å²) in [7, 11) is 0. The van der Waals surface area contributed by atoms with Crippen LogP contribution < -0.4 is 10.3 Å². The number of ether oxygens (including phenoxy) is 1. The standard InChI is InChI=1S/C21H21NO2.C2H4O2.C2H6/c1-16-13-20(24-15-19-11-7-4-8-12-19)17(2)21(23)22(16)14-18-9-5-3-6-10-18;1-2(3)4;1-2/h3-13H,14-15H2,1-2H3;1H3,(H,3,4);1-2H3. The molecule has 0 aliphatic rings. The summed E-state index contributed by atoms with van der Waals surface area (Å²) < 4.78 is 7.67. The van der Waals surface area contributed by atoms with Crippen LogP contribution in [-0.2, 0) is 17.9 Å². The van der Waals surface area contributed by atoms with Crippen molar-refractivity contribution in [3.05, 3.63) is 99.5 Å². The van der Waals surface area contributed by atoms with Gasteiger partial charge in [0.05, 0.1) is 12.1 Å². The first-order valence-corrected chi connectivity index (χ1v) is 9.99. The molecule has 0 aliphatic heterocycles. The second-order valence-corrected chi connectivity index (χ2v) is 6.45. The van der Waals surface area contributed by atoms with E-state index in [9.17, 15) is 4.79 Å². The molecule has 2 aromatic carbocycles.